The Labute approximate surface area is 147 Å². The summed E-state index contributed by atoms with van der Waals surface area (Å²) in [5.74, 6) is -0.251. The molecule has 0 spiro atoms. The molecule has 6 nitrogen and oxygen atoms in total. The van der Waals surface area contributed by atoms with E-state index < -0.39 is 0 Å². The number of aromatic amines is 1. The molecule has 0 bridgehead atoms. The number of H-pyrrole nitrogens is 1. The molecule has 1 saturated heterocycles. The highest BCUT2D eigenvalue weighted by molar-refractivity contribution is 5.97. The van der Waals surface area contributed by atoms with Gasteiger partial charge in [0.15, 0.2) is 0 Å². The summed E-state index contributed by atoms with van der Waals surface area (Å²) in [4.78, 5) is 32.5. The second-order valence-corrected chi connectivity index (χ2v) is 6.90. The van der Waals surface area contributed by atoms with Crippen molar-refractivity contribution in [3.63, 3.8) is 0 Å². The number of ether oxygens (including phenoxy) is 1. The Hall–Kier alpha value is -2.18. The van der Waals surface area contributed by atoms with E-state index in [0.29, 0.717) is 11.9 Å². The number of methoxy groups -OCH3 is 1. The van der Waals surface area contributed by atoms with Gasteiger partial charge in [-0.15, -0.1) is 0 Å². The molecule has 1 fully saturated rings. The number of hydrogen-bond acceptors (Lipinski definition) is 4. The van der Waals surface area contributed by atoms with Gasteiger partial charge in [-0.3, -0.25) is 14.5 Å². The zero-order valence-electron chi connectivity index (χ0n) is 15.2. The summed E-state index contributed by atoms with van der Waals surface area (Å²) < 4.78 is 5.42. The molecule has 0 unspecified atom stereocenters. The first-order chi connectivity index (χ1) is 11.9. The van der Waals surface area contributed by atoms with Crippen LogP contribution >= 0.6 is 0 Å². The lowest BCUT2D eigenvalue weighted by Gasteiger charge is -2.25. The minimum Gasteiger partial charge on any atom is -0.380 e. The number of para-hydroxylation sites is 1. The van der Waals surface area contributed by atoms with Crippen LogP contribution in [0.4, 0.5) is 0 Å². The van der Waals surface area contributed by atoms with Gasteiger partial charge in [-0.25, -0.2) is 0 Å². The molecule has 134 valence electrons. The first kappa shape index (κ1) is 17.6. The molecule has 0 aliphatic carbocycles. The zero-order valence-corrected chi connectivity index (χ0v) is 15.2. The van der Waals surface area contributed by atoms with E-state index in [0.717, 1.165) is 24.0 Å². The van der Waals surface area contributed by atoms with E-state index in [1.165, 1.54) is 6.20 Å². The maximum Gasteiger partial charge on any atom is 0.259 e. The number of fused-ring (bicyclic) bond motifs is 1. The van der Waals surface area contributed by atoms with Gasteiger partial charge >= 0.3 is 0 Å². The molecule has 2 atom stereocenters. The van der Waals surface area contributed by atoms with Crippen molar-refractivity contribution in [1.82, 2.24) is 14.8 Å². The lowest BCUT2D eigenvalue weighted by molar-refractivity contribution is 0.0759. The number of likely N-dealkylation sites (N-methyl/N-ethyl adjacent to an activating group) is 2. The van der Waals surface area contributed by atoms with Crippen molar-refractivity contribution in [2.24, 2.45) is 0 Å². The van der Waals surface area contributed by atoms with Crippen LogP contribution in [0.15, 0.2) is 29.2 Å². The summed E-state index contributed by atoms with van der Waals surface area (Å²) in [5, 5.41) is 0.552. The molecular formula is C19H25N3O3. The minimum absolute atomic E-state index is 0.185. The van der Waals surface area contributed by atoms with E-state index >= 15 is 0 Å². The number of likely N-dealkylation sites (tertiary alicyclic amines) is 1. The third-order valence-corrected chi connectivity index (χ3v) is 5.17. The van der Waals surface area contributed by atoms with Crippen molar-refractivity contribution in [2.45, 2.75) is 25.5 Å². The maximum absolute atomic E-state index is 12.8. The van der Waals surface area contributed by atoms with Crippen LogP contribution in [0.3, 0.4) is 0 Å². The van der Waals surface area contributed by atoms with Gasteiger partial charge < -0.3 is 14.6 Å². The van der Waals surface area contributed by atoms with Crippen molar-refractivity contribution in [2.75, 3.05) is 34.3 Å². The highest BCUT2D eigenvalue weighted by atomic mass is 16.5. The van der Waals surface area contributed by atoms with Gasteiger partial charge in [0.05, 0.1) is 11.6 Å². The van der Waals surface area contributed by atoms with Gasteiger partial charge in [0.2, 0.25) is 5.43 Å². The molecule has 2 heterocycles. The molecule has 0 radical (unpaired) electrons. The molecule has 6 heteroatoms. The summed E-state index contributed by atoms with van der Waals surface area (Å²) in [6, 6.07) is 5.77. The number of benzene rings is 1. The highest BCUT2D eigenvalue weighted by Gasteiger charge is 2.31. The molecule has 3 rings (SSSR count). The Morgan fingerprint density at radius 2 is 2.20 bits per heavy atom. The SMILES string of the molecule is CO[C@H]1C[C@@H](CN(C)C(=O)c2c[nH]c3c(C)cccc3c2=O)N(C)C1. The number of aryl methyl sites for hydroxylation is 1. The van der Waals surface area contributed by atoms with Crippen molar-refractivity contribution < 1.29 is 9.53 Å². The fraction of sp³-hybridized carbons (Fsp3) is 0.474. The monoisotopic (exact) mass is 343 g/mol. The molecule has 1 amide bonds. The summed E-state index contributed by atoms with van der Waals surface area (Å²) in [5.41, 5.74) is 1.73. The van der Waals surface area contributed by atoms with Crippen LogP contribution in [0.2, 0.25) is 0 Å². The second-order valence-electron chi connectivity index (χ2n) is 6.90. The van der Waals surface area contributed by atoms with E-state index in [1.54, 1.807) is 25.1 Å². The number of carbonyl (C=O) groups is 1. The molecule has 2 aromatic rings. The topological polar surface area (TPSA) is 65.6 Å². The van der Waals surface area contributed by atoms with Crippen molar-refractivity contribution in [3.05, 3.63) is 45.7 Å². The summed E-state index contributed by atoms with van der Waals surface area (Å²) in [6.45, 7) is 3.37. The van der Waals surface area contributed by atoms with E-state index in [1.807, 2.05) is 26.1 Å². The third kappa shape index (κ3) is 3.32. The predicted octanol–water partition coefficient (Wildman–Crippen LogP) is 1.63. The number of aromatic nitrogens is 1. The molecule has 1 aromatic heterocycles. The average Bonchev–Trinajstić information content (AvgIpc) is 2.95. The van der Waals surface area contributed by atoms with Gasteiger partial charge in [0.25, 0.3) is 5.91 Å². The van der Waals surface area contributed by atoms with E-state index in [4.69, 9.17) is 4.74 Å². The van der Waals surface area contributed by atoms with Crippen molar-refractivity contribution in [3.8, 4) is 0 Å². The Kier molecular flexibility index (Phi) is 4.92. The number of carbonyl (C=O) groups excluding carboxylic acids is 1. The smallest absolute Gasteiger partial charge is 0.259 e. The number of hydrogen-bond donors (Lipinski definition) is 1. The summed E-state index contributed by atoms with van der Waals surface area (Å²) in [7, 11) is 5.50. The van der Waals surface area contributed by atoms with Crippen LogP contribution in [-0.4, -0.2) is 67.1 Å². The summed E-state index contributed by atoms with van der Waals surface area (Å²) in [6.07, 6.45) is 2.62. The lowest BCUT2D eigenvalue weighted by atomic mass is 10.1. The Balaban J connectivity index is 1.82. The van der Waals surface area contributed by atoms with Crippen molar-refractivity contribution >= 4 is 16.8 Å². The fourth-order valence-electron chi connectivity index (χ4n) is 3.58. The normalized spacial score (nSPS) is 21.0. The van der Waals surface area contributed by atoms with Gasteiger partial charge in [0.1, 0.15) is 5.56 Å². The van der Waals surface area contributed by atoms with Gasteiger partial charge in [-0.05, 0) is 32.0 Å². The molecular weight excluding hydrogens is 318 g/mol. The summed E-state index contributed by atoms with van der Waals surface area (Å²) >= 11 is 0. The molecule has 1 aliphatic heterocycles. The number of pyridine rings is 1. The predicted molar refractivity (Wildman–Crippen MR) is 98.1 cm³/mol. The van der Waals surface area contributed by atoms with Gasteiger partial charge in [0, 0.05) is 44.9 Å². The number of nitrogens with one attached hydrogen (secondary N) is 1. The highest BCUT2D eigenvalue weighted by Crippen LogP contribution is 2.19. The second kappa shape index (κ2) is 6.98. The first-order valence-corrected chi connectivity index (χ1v) is 8.52. The van der Waals surface area contributed by atoms with Gasteiger partial charge in [-0.2, -0.15) is 0 Å². The van der Waals surface area contributed by atoms with E-state index in [2.05, 4.69) is 9.88 Å². The van der Waals surface area contributed by atoms with E-state index in [-0.39, 0.29) is 29.0 Å². The Morgan fingerprint density at radius 1 is 1.44 bits per heavy atom. The van der Waals surface area contributed by atoms with Crippen LogP contribution in [0.25, 0.3) is 10.9 Å². The number of amides is 1. The standard InChI is InChI=1S/C19H25N3O3/c1-12-6-5-7-15-17(12)20-9-16(18(15)23)19(24)22(3)10-13-8-14(25-4)11-21(13)2/h5-7,9,13-14H,8,10-11H2,1-4H3,(H,20,23)/t13-,14-/m0/s1. The van der Waals surface area contributed by atoms with E-state index in [9.17, 15) is 9.59 Å². The first-order valence-electron chi connectivity index (χ1n) is 8.52. The largest absolute Gasteiger partial charge is 0.380 e. The molecule has 1 aromatic carbocycles. The van der Waals surface area contributed by atoms with Crippen LogP contribution in [-0.2, 0) is 4.74 Å². The van der Waals surface area contributed by atoms with Gasteiger partial charge in [-0.1, -0.05) is 12.1 Å². The van der Waals surface area contributed by atoms with Crippen LogP contribution in [0, 0.1) is 6.92 Å². The number of nitrogens with zero attached hydrogens (tertiary/aromatic N) is 2. The van der Waals surface area contributed by atoms with Crippen molar-refractivity contribution in [1.29, 1.82) is 0 Å². The zero-order chi connectivity index (χ0) is 18.1. The fourth-order valence-corrected chi connectivity index (χ4v) is 3.58. The minimum atomic E-state index is -0.251. The van der Waals surface area contributed by atoms with Crippen LogP contribution in [0.5, 0.6) is 0 Å². The molecule has 0 saturated carbocycles. The Morgan fingerprint density at radius 3 is 2.88 bits per heavy atom. The number of rotatable bonds is 4. The third-order valence-electron chi connectivity index (χ3n) is 5.17. The lowest BCUT2D eigenvalue weighted by Crippen LogP contribution is -2.40. The average molecular weight is 343 g/mol. The molecule has 1 aliphatic rings. The quantitative estimate of drug-likeness (QED) is 0.916. The maximum atomic E-state index is 12.8. The molecule has 25 heavy (non-hydrogen) atoms. The molecule has 1 N–H and O–H groups in total. The van der Waals surface area contributed by atoms with Crippen LogP contribution in [0.1, 0.15) is 22.3 Å². The van der Waals surface area contributed by atoms with Crippen LogP contribution < -0.4 is 5.43 Å². The Bertz CT molecular complexity index is 845.